The number of carbonyl (C=O) groups excluding carboxylic acids is 1. The smallest absolute Gasteiger partial charge is 0.250 e. The van der Waals surface area contributed by atoms with Gasteiger partial charge in [-0.25, -0.2) is 0 Å². The van der Waals surface area contributed by atoms with E-state index in [4.69, 9.17) is 0 Å². The molecule has 1 amide bonds. The van der Waals surface area contributed by atoms with Crippen LogP contribution in [0.1, 0.15) is 31.7 Å². The molecule has 4 nitrogen and oxygen atoms in total. The molecule has 2 heterocycles. The number of amides is 1. The van der Waals surface area contributed by atoms with Crippen molar-refractivity contribution in [2.24, 2.45) is 0 Å². The van der Waals surface area contributed by atoms with E-state index in [0.29, 0.717) is 13.0 Å². The summed E-state index contributed by atoms with van der Waals surface area (Å²) in [5.74, 6) is 0.132. The number of nitrogens with zero attached hydrogens (tertiary/aromatic N) is 2. The van der Waals surface area contributed by atoms with Crippen LogP contribution in [0.15, 0.2) is 59.5 Å². The number of hydrogen-bond acceptors (Lipinski definition) is 2. The van der Waals surface area contributed by atoms with Gasteiger partial charge in [0.05, 0.1) is 0 Å². The van der Waals surface area contributed by atoms with Crippen molar-refractivity contribution < 1.29 is 4.79 Å². The van der Waals surface area contributed by atoms with Crippen LogP contribution in [0.4, 0.5) is 0 Å². The maximum Gasteiger partial charge on any atom is 0.250 e. The summed E-state index contributed by atoms with van der Waals surface area (Å²) in [5, 5.41) is 0. The summed E-state index contributed by atoms with van der Waals surface area (Å²) in [6.45, 7) is 4.24. The van der Waals surface area contributed by atoms with Crippen LogP contribution in [0.5, 0.6) is 0 Å². The summed E-state index contributed by atoms with van der Waals surface area (Å²) in [6.07, 6.45) is 4.22. The molecule has 1 aromatic heterocycles. The van der Waals surface area contributed by atoms with Gasteiger partial charge in [-0.15, -0.1) is 0 Å². The Bertz CT molecular complexity index is 753. The van der Waals surface area contributed by atoms with E-state index in [1.807, 2.05) is 17.0 Å². The molecule has 1 saturated heterocycles. The molecule has 0 N–H and O–H groups in total. The Kier molecular flexibility index (Phi) is 4.84. The van der Waals surface area contributed by atoms with E-state index >= 15 is 0 Å². The second-order valence-electron chi connectivity index (χ2n) is 6.83. The normalized spacial score (nSPS) is 20.8. The Morgan fingerprint density at radius 1 is 1.12 bits per heavy atom. The number of piperidine rings is 1. The number of likely N-dealkylation sites (tertiary alicyclic amines) is 1. The summed E-state index contributed by atoms with van der Waals surface area (Å²) >= 11 is 0. The summed E-state index contributed by atoms with van der Waals surface area (Å²) in [5.41, 5.74) is 1.25. The number of benzene rings is 1. The Morgan fingerprint density at radius 3 is 2.62 bits per heavy atom. The molecule has 4 heteroatoms. The van der Waals surface area contributed by atoms with Gasteiger partial charge in [-0.1, -0.05) is 43.3 Å². The van der Waals surface area contributed by atoms with Gasteiger partial charge >= 0.3 is 0 Å². The van der Waals surface area contributed by atoms with E-state index in [-0.39, 0.29) is 16.9 Å². The largest absolute Gasteiger partial charge is 0.342 e. The minimum atomic E-state index is -0.0573. The Morgan fingerprint density at radius 2 is 1.88 bits per heavy atom. The molecule has 24 heavy (non-hydrogen) atoms. The Balaban J connectivity index is 1.65. The zero-order valence-corrected chi connectivity index (χ0v) is 14.1. The summed E-state index contributed by atoms with van der Waals surface area (Å²) in [4.78, 5) is 26.3. The molecule has 1 aliphatic rings. The highest BCUT2D eigenvalue weighted by molar-refractivity contribution is 5.76. The highest BCUT2D eigenvalue weighted by atomic mass is 16.2. The van der Waals surface area contributed by atoms with Crippen LogP contribution >= 0.6 is 0 Å². The van der Waals surface area contributed by atoms with Crippen LogP contribution in [0.2, 0.25) is 0 Å². The third-order valence-electron chi connectivity index (χ3n) is 4.99. The van der Waals surface area contributed by atoms with Crippen molar-refractivity contribution in [2.45, 2.75) is 38.1 Å². The molecule has 1 fully saturated rings. The van der Waals surface area contributed by atoms with Crippen molar-refractivity contribution in [3.8, 4) is 0 Å². The van der Waals surface area contributed by atoms with Gasteiger partial charge in [0.25, 0.3) is 5.56 Å². The monoisotopic (exact) mass is 324 g/mol. The molecule has 2 aromatic rings. The average Bonchev–Trinajstić information content (AvgIpc) is 2.61. The lowest BCUT2D eigenvalue weighted by Gasteiger charge is -2.41. The quantitative estimate of drug-likeness (QED) is 0.868. The SMILES string of the molecule is CC1(c2ccccc2)CCCN(C(=O)CCn2ccccc2=O)C1. The fourth-order valence-electron chi connectivity index (χ4n) is 3.55. The van der Waals surface area contributed by atoms with E-state index in [1.165, 1.54) is 11.6 Å². The predicted octanol–water partition coefficient (Wildman–Crippen LogP) is 2.82. The number of carbonyl (C=O) groups is 1. The number of hydrogen-bond donors (Lipinski definition) is 0. The second-order valence-corrected chi connectivity index (χ2v) is 6.83. The van der Waals surface area contributed by atoms with E-state index < -0.39 is 0 Å². The lowest BCUT2D eigenvalue weighted by molar-refractivity contribution is -0.133. The molecule has 1 unspecified atom stereocenters. The maximum absolute atomic E-state index is 12.6. The number of rotatable bonds is 4. The maximum atomic E-state index is 12.6. The molecular weight excluding hydrogens is 300 g/mol. The van der Waals surface area contributed by atoms with Crippen molar-refractivity contribution in [1.29, 1.82) is 0 Å². The van der Waals surface area contributed by atoms with Crippen molar-refractivity contribution >= 4 is 5.91 Å². The van der Waals surface area contributed by atoms with E-state index in [2.05, 4.69) is 31.2 Å². The zero-order chi connectivity index (χ0) is 17.0. The van der Waals surface area contributed by atoms with Crippen LogP contribution in [-0.4, -0.2) is 28.5 Å². The van der Waals surface area contributed by atoms with Gasteiger partial charge in [-0.2, -0.15) is 0 Å². The van der Waals surface area contributed by atoms with E-state index in [0.717, 1.165) is 25.9 Å². The summed E-state index contributed by atoms with van der Waals surface area (Å²) < 4.78 is 1.60. The topological polar surface area (TPSA) is 42.3 Å². The van der Waals surface area contributed by atoms with E-state index in [9.17, 15) is 9.59 Å². The molecule has 0 aliphatic carbocycles. The highest BCUT2D eigenvalue weighted by Crippen LogP contribution is 2.33. The van der Waals surface area contributed by atoms with Gasteiger partial charge in [0.2, 0.25) is 5.91 Å². The molecule has 1 aromatic carbocycles. The van der Waals surface area contributed by atoms with Crippen molar-refractivity contribution in [1.82, 2.24) is 9.47 Å². The van der Waals surface area contributed by atoms with Crippen LogP contribution < -0.4 is 5.56 Å². The minimum absolute atomic E-state index is 0.0127. The molecular formula is C20H24N2O2. The fraction of sp³-hybridized carbons (Fsp3) is 0.400. The van der Waals surface area contributed by atoms with Gasteiger partial charge in [0.15, 0.2) is 0 Å². The van der Waals surface area contributed by atoms with Gasteiger partial charge < -0.3 is 9.47 Å². The van der Waals surface area contributed by atoms with Gasteiger partial charge in [0.1, 0.15) is 0 Å². The van der Waals surface area contributed by atoms with E-state index in [1.54, 1.807) is 16.8 Å². The molecule has 0 radical (unpaired) electrons. The van der Waals surface area contributed by atoms with Gasteiger partial charge in [-0.05, 0) is 24.5 Å². The van der Waals surface area contributed by atoms with Crippen molar-refractivity contribution in [3.63, 3.8) is 0 Å². The zero-order valence-electron chi connectivity index (χ0n) is 14.1. The molecule has 0 bridgehead atoms. The van der Waals surface area contributed by atoms with Crippen LogP contribution in [0.25, 0.3) is 0 Å². The first-order valence-electron chi connectivity index (χ1n) is 8.57. The Labute approximate surface area is 142 Å². The third kappa shape index (κ3) is 3.58. The first-order valence-corrected chi connectivity index (χ1v) is 8.57. The average molecular weight is 324 g/mol. The highest BCUT2D eigenvalue weighted by Gasteiger charge is 2.34. The molecule has 1 aliphatic heterocycles. The standard InChI is InChI=1S/C20H24N2O2/c1-20(17-8-3-2-4-9-17)12-7-14-22(16-20)19(24)11-15-21-13-6-5-10-18(21)23/h2-6,8-10,13H,7,11-12,14-16H2,1H3. The van der Waals surface area contributed by atoms with Crippen LogP contribution in [0.3, 0.4) is 0 Å². The van der Waals surface area contributed by atoms with Gasteiger partial charge in [0, 0.05) is 43.7 Å². The minimum Gasteiger partial charge on any atom is -0.342 e. The lowest BCUT2D eigenvalue weighted by atomic mass is 9.76. The Hall–Kier alpha value is -2.36. The van der Waals surface area contributed by atoms with Crippen molar-refractivity contribution in [2.75, 3.05) is 13.1 Å². The fourth-order valence-corrected chi connectivity index (χ4v) is 3.55. The first-order chi connectivity index (χ1) is 11.6. The lowest BCUT2D eigenvalue weighted by Crippen LogP contribution is -2.47. The third-order valence-corrected chi connectivity index (χ3v) is 4.99. The summed E-state index contributed by atoms with van der Waals surface area (Å²) in [7, 11) is 0. The van der Waals surface area contributed by atoms with Crippen molar-refractivity contribution in [3.05, 3.63) is 70.6 Å². The predicted molar refractivity (Wildman–Crippen MR) is 94.9 cm³/mol. The molecule has 126 valence electrons. The summed E-state index contributed by atoms with van der Waals surface area (Å²) in [6, 6.07) is 15.5. The molecule has 1 atom stereocenters. The first kappa shape index (κ1) is 16.5. The number of aromatic nitrogens is 1. The number of aryl methyl sites for hydroxylation is 1. The molecule has 3 rings (SSSR count). The number of pyridine rings is 1. The van der Waals surface area contributed by atoms with Gasteiger partial charge in [-0.3, -0.25) is 9.59 Å². The van der Waals surface area contributed by atoms with Crippen LogP contribution in [0, 0.1) is 0 Å². The van der Waals surface area contributed by atoms with Crippen LogP contribution in [-0.2, 0) is 16.8 Å². The molecule has 0 spiro atoms. The second kappa shape index (κ2) is 7.04. The molecule has 0 saturated carbocycles.